The van der Waals surface area contributed by atoms with E-state index >= 15 is 0 Å². The third-order valence-corrected chi connectivity index (χ3v) is 9.41. The molecule has 6 rings (SSSR count). The first-order chi connectivity index (χ1) is 24.4. The van der Waals surface area contributed by atoms with E-state index < -0.39 is 0 Å². The highest BCUT2D eigenvalue weighted by atomic mass is 35.5. The number of benzene rings is 1. The van der Waals surface area contributed by atoms with Crippen LogP contribution in [0.5, 0.6) is 11.6 Å². The van der Waals surface area contributed by atoms with E-state index in [1.165, 1.54) is 0 Å². The molecule has 1 aliphatic heterocycles. The lowest BCUT2D eigenvalue weighted by molar-refractivity contribution is -0.0852. The minimum absolute atomic E-state index is 0.211. The van der Waals surface area contributed by atoms with Gasteiger partial charge in [-0.25, -0.2) is 14.6 Å². The van der Waals surface area contributed by atoms with E-state index in [-0.39, 0.29) is 36.1 Å². The lowest BCUT2D eigenvalue weighted by atomic mass is 9.89. The number of anilines is 2. The monoisotopic (exact) mass is 722 g/mol. The summed E-state index contributed by atoms with van der Waals surface area (Å²) in [5.41, 5.74) is 2.13. The summed E-state index contributed by atoms with van der Waals surface area (Å²) >= 11 is 6.48. The summed E-state index contributed by atoms with van der Waals surface area (Å²) < 4.78 is 28.1. The minimum atomic E-state index is -0.271. The first-order valence-electron chi connectivity index (χ1n) is 17.9. The van der Waals surface area contributed by atoms with Gasteiger partial charge in [0, 0.05) is 37.1 Å². The molecule has 14 nitrogen and oxygen atoms in total. The van der Waals surface area contributed by atoms with Gasteiger partial charge in [-0.05, 0) is 102 Å². The van der Waals surface area contributed by atoms with Crippen LogP contribution in [0.3, 0.4) is 0 Å². The number of aromatic nitrogens is 8. The molecule has 0 spiro atoms. The van der Waals surface area contributed by atoms with E-state index in [0.717, 1.165) is 49.9 Å². The van der Waals surface area contributed by atoms with Crippen LogP contribution in [0, 0.1) is 0 Å². The molecule has 0 bridgehead atoms. The van der Waals surface area contributed by atoms with Crippen LogP contribution in [0.2, 0.25) is 5.02 Å². The molecule has 2 aliphatic rings. The van der Waals surface area contributed by atoms with Gasteiger partial charge in [0.15, 0.2) is 0 Å². The Morgan fingerprint density at radius 3 is 2.33 bits per heavy atom. The predicted molar refractivity (Wildman–Crippen MR) is 195 cm³/mol. The Kier molecular flexibility index (Phi) is 11.7. The van der Waals surface area contributed by atoms with Crippen molar-refractivity contribution in [3.63, 3.8) is 0 Å². The fourth-order valence-electron chi connectivity index (χ4n) is 6.75. The molecule has 2 fully saturated rings. The van der Waals surface area contributed by atoms with E-state index in [1.54, 1.807) is 29.5 Å². The first kappa shape index (κ1) is 36.9. The normalized spacial score (nSPS) is 22.7. The fraction of sp³-hybridized carbons (Fsp3) is 0.611. The van der Waals surface area contributed by atoms with E-state index in [9.17, 15) is 0 Å². The Bertz CT molecular complexity index is 1680. The molecule has 1 saturated carbocycles. The van der Waals surface area contributed by atoms with Gasteiger partial charge in [-0.3, -0.25) is 9.58 Å². The van der Waals surface area contributed by atoms with Crippen molar-refractivity contribution < 1.29 is 18.9 Å². The number of morpholine rings is 1. The molecule has 0 amide bonds. The number of hydrogen-bond donors (Lipinski definition) is 1. The molecular formula is C36H51ClN10O4. The maximum Gasteiger partial charge on any atom is 0.257 e. The third kappa shape index (κ3) is 10.1. The molecule has 1 N–H and O–H groups in total. The number of rotatable bonds is 13. The number of halogens is 1. The molecule has 276 valence electrons. The molecule has 1 aliphatic carbocycles. The highest BCUT2D eigenvalue weighted by molar-refractivity contribution is 6.32. The zero-order valence-corrected chi connectivity index (χ0v) is 31.5. The van der Waals surface area contributed by atoms with Crippen molar-refractivity contribution in [2.75, 3.05) is 25.0 Å². The average Bonchev–Trinajstić information content (AvgIpc) is 3.74. The van der Waals surface area contributed by atoms with Gasteiger partial charge in [0.25, 0.3) is 5.88 Å². The summed E-state index contributed by atoms with van der Waals surface area (Å²) in [6.45, 7) is 17.3. The first-order valence-corrected chi connectivity index (χ1v) is 18.3. The van der Waals surface area contributed by atoms with E-state index in [4.69, 9.17) is 35.6 Å². The summed E-state index contributed by atoms with van der Waals surface area (Å²) in [4.78, 5) is 11.9. The Morgan fingerprint density at radius 2 is 1.67 bits per heavy atom. The predicted octanol–water partition coefficient (Wildman–Crippen LogP) is 6.37. The minimum Gasteiger partial charge on any atom is -0.487 e. The van der Waals surface area contributed by atoms with Gasteiger partial charge < -0.3 is 24.3 Å². The van der Waals surface area contributed by atoms with E-state index in [0.29, 0.717) is 47.5 Å². The molecule has 1 unspecified atom stereocenters. The molecule has 1 saturated heterocycles. The molecule has 3 aromatic heterocycles. The number of nitrogens with zero attached hydrogens (tertiary/aromatic N) is 9. The molecule has 4 aromatic rings. The van der Waals surface area contributed by atoms with Gasteiger partial charge in [0.1, 0.15) is 30.0 Å². The number of tetrazole rings is 1. The van der Waals surface area contributed by atoms with Crippen molar-refractivity contribution in [2.24, 2.45) is 0 Å². The van der Waals surface area contributed by atoms with Crippen LogP contribution in [0.15, 0.2) is 43.1 Å². The average molecular weight is 723 g/mol. The fourth-order valence-corrected chi connectivity index (χ4v) is 6.91. The van der Waals surface area contributed by atoms with Crippen LogP contribution in [0.4, 0.5) is 11.6 Å². The molecule has 1 aromatic carbocycles. The van der Waals surface area contributed by atoms with Crippen molar-refractivity contribution in [3.8, 4) is 22.8 Å². The lowest BCUT2D eigenvalue weighted by Gasteiger charge is -2.42. The topological polar surface area (TPSA) is 139 Å². The van der Waals surface area contributed by atoms with Crippen molar-refractivity contribution in [1.29, 1.82) is 0 Å². The van der Waals surface area contributed by atoms with Crippen LogP contribution >= 0.6 is 11.6 Å². The summed E-state index contributed by atoms with van der Waals surface area (Å²) in [7, 11) is 0. The Labute approximate surface area is 305 Å². The van der Waals surface area contributed by atoms with Gasteiger partial charge in [0.05, 0.1) is 48.2 Å². The molecular weight excluding hydrogens is 672 g/mol. The number of ether oxygens (including phenoxy) is 4. The SMILES string of the molecule is CC(COC(C)(C)C)Oc1nn([C@H]2CC[C@H](N3C[C@@H](C)O[C@@H](C)C3)CC2)cc1Nc1ncc(-c2ccc(Cl)c(O[C@@H](C)Cn3cnnn3)c2)cn1. The van der Waals surface area contributed by atoms with Crippen LogP contribution in [0.25, 0.3) is 11.1 Å². The van der Waals surface area contributed by atoms with Crippen LogP contribution in [-0.4, -0.2) is 101 Å². The number of hydrogen-bond acceptors (Lipinski definition) is 12. The Morgan fingerprint density at radius 1 is 0.961 bits per heavy atom. The summed E-state index contributed by atoms with van der Waals surface area (Å²) in [6.07, 6.45) is 11.6. The van der Waals surface area contributed by atoms with Crippen LogP contribution < -0.4 is 14.8 Å². The smallest absolute Gasteiger partial charge is 0.257 e. The second-order valence-corrected chi connectivity index (χ2v) is 15.3. The highest BCUT2D eigenvalue weighted by Gasteiger charge is 2.32. The van der Waals surface area contributed by atoms with Gasteiger partial charge >= 0.3 is 0 Å². The third-order valence-electron chi connectivity index (χ3n) is 9.09. The highest BCUT2D eigenvalue weighted by Crippen LogP contribution is 2.36. The van der Waals surface area contributed by atoms with E-state index in [2.05, 4.69) is 54.2 Å². The van der Waals surface area contributed by atoms with Gasteiger partial charge in [0.2, 0.25) is 5.95 Å². The van der Waals surface area contributed by atoms with Crippen molar-refractivity contribution >= 4 is 23.2 Å². The number of nitrogens with one attached hydrogen (secondary N) is 1. The van der Waals surface area contributed by atoms with Crippen LogP contribution in [0.1, 0.15) is 80.2 Å². The molecule has 4 atom stereocenters. The molecule has 51 heavy (non-hydrogen) atoms. The lowest BCUT2D eigenvalue weighted by Crippen LogP contribution is -2.51. The molecule has 15 heteroatoms. The molecule has 4 heterocycles. The summed E-state index contributed by atoms with van der Waals surface area (Å²) in [5.74, 6) is 1.49. The van der Waals surface area contributed by atoms with Crippen LogP contribution in [-0.2, 0) is 16.0 Å². The summed E-state index contributed by atoms with van der Waals surface area (Å²) in [5, 5.41) is 20.1. The molecule has 0 radical (unpaired) electrons. The maximum absolute atomic E-state index is 6.48. The standard InChI is InChI=1S/C36H51ClN10O4/c1-23-17-45(18-24(2)49-23)29-9-11-30(12-10-29)47-20-32(34(42-47)51-26(4)21-48-36(5,6)7)41-35-38-15-28(16-39-35)27-8-13-31(37)33(14-27)50-25(3)19-46-22-40-43-44-46/h8,13-16,20,22-26,29-30H,9-12,17-19,21H2,1-7H3,(H,38,39,41)/t23-,24+,25-,26?,29-,30-/m0/s1. The van der Waals surface area contributed by atoms with Gasteiger partial charge in [-0.1, -0.05) is 17.7 Å². The zero-order valence-electron chi connectivity index (χ0n) is 30.7. The summed E-state index contributed by atoms with van der Waals surface area (Å²) in [6, 6.07) is 6.45. The maximum atomic E-state index is 6.48. The zero-order chi connectivity index (χ0) is 36.1. The van der Waals surface area contributed by atoms with Crippen molar-refractivity contribution in [3.05, 3.63) is 48.1 Å². The van der Waals surface area contributed by atoms with Crippen molar-refractivity contribution in [1.82, 2.24) is 44.9 Å². The Hall–Kier alpha value is -3.85. The van der Waals surface area contributed by atoms with Gasteiger partial charge in [-0.2, -0.15) is 0 Å². The van der Waals surface area contributed by atoms with Crippen molar-refractivity contribution in [2.45, 2.75) is 123 Å². The second-order valence-electron chi connectivity index (χ2n) is 14.9. The quantitative estimate of drug-likeness (QED) is 0.164. The second kappa shape index (κ2) is 16.2. The van der Waals surface area contributed by atoms with E-state index in [1.807, 2.05) is 52.9 Å². The van der Waals surface area contributed by atoms with Gasteiger partial charge in [-0.15, -0.1) is 10.2 Å². The largest absolute Gasteiger partial charge is 0.487 e. The Balaban J connectivity index is 1.14.